The van der Waals surface area contributed by atoms with Gasteiger partial charge < -0.3 is 24.6 Å². The van der Waals surface area contributed by atoms with Gasteiger partial charge in [0.05, 0.1) is 24.6 Å². The lowest BCUT2D eigenvalue weighted by Crippen LogP contribution is -2.54. The smallest absolute Gasteiger partial charge is 0.408 e. The third-order valence-corrected chi connectivity index (χ3v) is 5.11. The summed E-state index contributed by atoms with van der Waals surface area (Å²) in [5.41, 5.74) is 0.682. The quantitative estimate of drug-likeness (QED) is 0.575. The Morgan fingerprint density at radius 3 is 2.29 bits per heavy atom. The summed E-state index contributed by atoms with van der Waals surface area (Å²) >= 11 is 0. The number of carbonyl (C=O) groups is 2. The Labute approximate surface area is 202 Å². The van der Waals surface area contributed by atoms with E-state index in [0.717, 1.165) is 10.5 Å². The second kappa shape index (κ2) is 11.0. The zero-order valence-electron chi connectivity index (χ0n) is 20.0. The van der Waals surface area contributed by atoms with Crippen LogP contribution >= 0.6 is 0 Å². The second-order valence-corrected chi connectivity index (χ2v) is 9.21. The number of ether oxygens (including phenoxy) is 2. The SMILES string of the molecule is CC(C)(C)OC(=O)NC1CN(CC(F)(F)F)c2ccccc2N(CCOCc2ccccc2)C1=O. The van der Waals surface area contributed by atoms with Crippen LogP contribution in [0.2, 0.25) is 0 Å². The first-order valence-corrected chi connectivity index (χ1v) is 11.3. The number of nitrogens with zero attached hydrogens (tertiary/aromatic N) is 2. The molecule has 0 fully saturated rings. The number of hydrogen-bond acceptors (Lipinski definition) is 5. The zero-order valence-corrected chi connectivity index (χ0v) is 20.0. The predicted molar refractivity (Wildman–Crippen MR) is 126 cm³/mol. The van der Waals surface area contributed by atoms with Crippen molar-refractivity contribution in [3.8, 4) is 0 Å². The first-order valence-electron chi connectivity index (χ1n) is 11.3. The molecule has 0 saturated carbocycles. The van der Waals surface area contributed by atoms with Gasteiger partial charge in [0.2, 0.25) is 0 Å². The van der Waals surface area contributed by atoms with E-state index < -0.39 is 36.4 Å². The lowest BCUT2D eigenvalue weighted by Gasteiger charge is -2.28. The molecule has 2 aromatic carbocycles. The van der Waals surface area contributed by atoms with E-state index in [-0.39, 0.29) is 25.4 Å². The molecule has 35 heavy (non-hydrogen) atoms. The number of fused-ring (bicyclic) bond motifs is 1. The first-order chi connectivity index (χ1) is 16.4. The molecule has 2 aromatic rings. The van der Waals surface area contributed by atoms with Crippen molar-refractivity contribution < 1.29 is 32.2 Å². The number of alkyl carbamates (subject to hydrolysis) is 1. The second-order valence-electron chi connectivity index (χ2n) is 9.21. The summed E-state index contributed by atoms with van der Waals surface area (Å²) in [6, 6.07) is 14.6. The van der Waals surface area contributed by atoms with Crippen molar-refractivity contribution in [2.24, 2.45) is 0 Å². The van der Waals surface area contributed by atoms with Crippen LogP contribution in [0.15, 0.2) is 54.6 Å². The number of rotatable bonds is 7. The third kappa shape index (κ3) is 7.88. The molecule has 0 radical (unpaired) electrons. The van der Waals surface area contributed by atoms with Crippen LogP contribution in [-0.2, 0) is 20.9 Å². The molecule has 0 aliphatic carbocycles. The third-order valence-electron chi connectivity index (χ3n) is 5.11. The molecule has 0 aromatic heterocycles. The predicted octanol–water partition coefficient (Wildman–Crippen LogP) is 4.51. The number of halogens is 3. The van der Waals surface area contributed by atoms with Gasteiger partial charge >= 0.3 is 12.3 Å². The van der Waals surface area contributed by atoms with Gasteiger partial charge in [0.25, 0.3) is 5.91 Å². The Bertz CT molecular complexity index is 1010. The van der Waals surface area contributed by atoms with Crippen molar-refractivity contribution in [1.29, 1.82) is 0 Å². The molecule has 1 atom stereocenters. The van der Waals surface area contributed by atoms with Crippen LogP contribution in [0, 0.1) is 0 Å². The lowest BCUT2D eigenvalue weighted by atomic mass is 10.2. The normalized spacial score (nSPS) is 16.5. The van der Waals surface area contributed by atoms with Gasteiger partial charge in [-0.2, -0.15) is 13.2 Å². The standard InChI is InChI=1S/C25H30F3N3O4/c1-24(2,3)35-23(33)29-19-15-30(17-25(26,27)28)20-11-7-8-12-21(20)31(22(19)32)13-14-34-16-18-9-5-4-6-10-18/h4-12,19H,13-17H2,1-3H3,(H,29,33). The molecule has 1 aliphatic rings. The Balaban J connectivity index is 1.84. The molecule has 1 aliphatic heterocycles. The average Bonchev–Trinajstić information content (AvgIpc) is 2.85. The number of amides is 2. The molecule has 190 valence electrons. The van der Waals surface area contributed by atoms with Crippen molar-refractivity contribution in [3.63, 3.8) is 0 Å². The van der Waals surface area contributed by atoms with E-state index in [4.69, 9.17) is 9.47 Å². The summed E-state index contributed by atoms with van der Waals surface area (Å²) < 4.78 is 51.2. The summed E-state index contributed by atoms with van der Waals surface area (Å²) in [4.78, 5) is 28.3. The molecule has 7 nitrogen and oxygen atoms in total. The fourth-order valence-electron chi connectivity index (χ4n) is 3.74. The number of nitrogens with one attached hydrogen (secondary N) is 1. The van der Waals surface area contributed by atoms with Crippen LogP contribution in [0.5, 0.6) is 0 Å². The maximum atomic E-state index is 13.5. The van der Waals surface area contributed by atoms with E-state index in [0.29, 0.717) is 12.3 Å². The van der Waals surface area contributed by atoms with Crippen LogP contribution in [0.4, 0.5) is 29.3 Å². The molecule has 1 unspecified atom stereocenters. The minimum Gasteiger partial charge on any atom is -0.444 e. The molecule has 0 spiro atoms. The van der Waals surface area contributed by atoms with Gasteiger partial charge in [0.1, 0.15) is 18.2 Å². The minimum absolute atomic E-state index is 0.0923. The Morgan fingerprint density at radius 2 is 1.66 bits per heavy atom. The molecule has 10 heteroatoms. The molecule has 1 N–H and O–H groups in total. The highest BCUT2D eigenvalue weighted by atomic mass is 19.4. The molecule has 3 rings (SSSR count). The molecular formula is C25H30F3N3O4. The van der Waals surface area contributed by atoms with Gasteiger partial charge in [-0.3, -0.25) is 4.79 Å². The lowest BCUT2D eigenvalue weighted by molar-refractivity contribution is -0.123. The van der Waals surface area contributed by atoms with Gasteiger partial charge in [0.15, 0.2) is 0 Å². The van der Waals surface area contributed by atoms with E-state index in [2.05, 4.69) is 5.32 Å². The topological polar surface area (TPSA) is 71.1 Å². The van der Waals surface area contributed by atoms with Gasteiger partial charge in [-0.1, -0.05) is 42.5 Å². The van der Waals surface area contributed by atoms with Crippen LogP contribution in [-0.4, -0.2) is 56.1 Å². The molecule has 0 bridgehead atoms. The molecule has 2 amide bonds. The number of anilines is 2. The van der Waals surface area contributed by atoms with E-state index in [1.54, 1.807) is 39.0 Å². The van der Waals surface area contributed by atoms with E-state index >= 15 is 0 Å². The fourth-order valence-corrected chi connectivity index (χ4v) is 3.74. The van der Waals surface area contributed by atoms with Gasteiger partial charge in [-0.25, -0.2) is 4.79 Å². The van der Waals surface area contributed by atoms with E-state index in [1.807, 2.05) is 30.3 Å². The number of hydrogen-bond donors (Lipinski definition) is 1. The number of carbonyl (C=O) groups excluding carboxylic acids is 2. The summed E-state index contributed by atoms with van der Waals surface area (Å²) in [5, 5.41) is 2.46. The first kappa shape index (κ1) is 26.3. The molecular weight excluding hydrogens is 463 g/mol. The zero-order chi connectivity index (χ0) is 25.6. The summed E-state index contributed by atoms with van der Waals surface area (Å²) in [6.07, 6.45) is -5.39. The summed E-state index contributed by atoms with van der Waals surface area (Å²) in [5.74, 6) is -0.545. The van der Waals surface area contributed by atoms with Crippen molar-refractivity contribution in [2.75, 3.05) is 36.0 Å². The van der Waals surface area contributed by atoms with Crippen LogP contribution in [0.25, 0.3) is 0 Å². The highest BCUT2D eigenvalue weighted by Crippen LogP contribution is 2.34. The van der Waals surface area contributed by atoms with Crippen LogP contribution in [0.1, 0.15) is 26.3 Å². The van der Waals surface area contributed by atoms with Gasteiger partial charge in [0, 0.05) is 13.1 Å². The maximum absolute atomic E-state index is 13.5. The Kier molecular flexibility index (Phi) is 8.26. The monoisotopic (exact) mass is 493 g/mol. The highest BCUT2D eigenvalue weighted by Gasteiger charge is 2.39. The van der Waals surface area contributed by atoms with Gasteiger partial charge in [-0.15, -0.1) is 0 Å². The van der Waals surface area contributed by atoms with Crippen LogP contribution < -0.4 is 15.1 Å². The van der Waals surface area contributed by atoms with Crippen molar-refractivity contribution >= 4 is 23.4 Å². The maximum Gasteiger partial charge on any atom is 0.408 e. The van der Waals surface area contributed by atoms with E-state index in [1.165, 1.54) is 11.0 Å². The summed E-state index contributed by atoms with van der Waals surface area (Å²) in [6.45, 7) is 3.89. The molecule has 1 heterocycles. The highest BCUT2D eigenvalue weighted by molar-refractivity contribution is 6.03. The summed E-state index contributed by atoms with van der Waals surface area (Å²) in [7, 11) is 0. The number of alkyl halides is 3. The van der Waals surface area contributed by atoms with Crippen molar-refractivity contribution in [1.82, 2.24) is 5.32 Å². The average molecular weight is 494 g/mol. The van der Waals surface area contributed by atoms with Gasteiger partial charge in [-0.05, 0) is 38.5 Å². The van der Waals surface area contributed by atoms with Crippen LogP contribution in [0.3, 0.4) is 0 Å². The Morgan fingerprint density at radius 1 is 1.03 bits per heavy atom. The fraction of sp³-hybridized carbons (Fsp3) is 0.440. The van der Waals surface area contributed by atoms with Crippen molar-refractivity contribution in [2.45, 2.75) is 45.2 Å². The molecule has 0 saturated heterocycles. The number of benzene rings is 2. The number of para-hydroxylation sites is 2. The van der Waals surface area contributed by atoms with E-state index in [9.17, 15) is 22.8 Å². The largest absolute Gasteiger partial charge is 0.444 e. The van der Waals surface area contributed by atoms with Crippen molar-refractivity contribution in [3.05, 3.63) is 60.2 Å². The minimum atomic E-state index is -4.51. The Hall–Kier alpha value is -3.27.